The number of rotatable bonds is 13. The van der Waals surface area contributed by atoms with E-state index in [1.165, 1.54) is 0 Å². The highest BCUT2D eigenvalue weighted by Gasteiger charge is 2.15. The van der Waals surface area contributed by atoms with Crippen LogP contribution in [0.2, 0.25) is 0 Å². The topological polar surface area (TPSA) is 114 Å². The molecule has 0 fully saturated rings. The maximum absolute atomic E-state index is 12.8. The third-order valence-corrected chi connectivity index (χ3v) is 6.91. The van der Waals surface area contributed by atoms with E-state index in [0.29, 0.717) is 45.9 Å². The standard InChI is InChI=1S/C34H36N2O8/c1-39-27-13-7-21(15-31(27)43-5)17-33(37)35-25-11-9-23(19-29(25)41-3)24-10-12-26(30(20-24)42-4)36-34(38)18-22-8-14-28(40-2)32(16-22)44-6/h7-16,19-20H,17-18H2,1-6H3,(H,35,37)(H,36,38). The van der Waals surface area contributed by atoms with Gasteiger partial charge in [0.2, 0.25) is 11.8 Å². The summed E-state index contributed by atoms with van der Waals surface area (Å²) in [7, 11) is 9.31. The summed E-state index contributed by atoms with van der Waals surface area (Å²) in [5, 5.41) is 5.84. The molecule has 4 aromatic rings. The van der Waals surface area contributed by atoms with Gasteiger partial charge in [-0.25, -0.2) is 0 Å². The quantitative estimate of drug-likeness (QED) is 0.199. The number of nitrogens with one attached hydrogen (secondary N) is 2. The molecule has 0 aliphatic rings. The number of methoxy groups -OCH3 is 6. The number of carbonyl (C=O) groups excluding carboxylic acids is 2. The molecule has 0 aliphatic heterocycles. The Hall–Kier alpha value is -5.38. The van der Waals surface area contributed by atoms with Crippen molar-refractivity contribution in [2.45, 2.75) is 12.8 Å². The molecule has 0 spiro atoms. The van der Waals surface area contributed by atoms with Crippen LogP contribution in [0.25, 0.3) is 11.1 Å². The van der Waals surface area contributed by atoms with Gasteiger partial charge in [0.05, 0.1) is 66.9 Å². The molecule has 0 heterocycles. The van der Waals surface area contributed by atoms with Gasteiger partial charge in [0, 0.05) is 0 Å². The predicted molar refractivity (Wildman–Crippen MR) is 169 cm³/mol. The number of benzene rings is 4. The van der Waals surface area contributed by atoms with Crippen LogP contribution in [0.15, 0.2) is 72.8 Å². The molecule has 0 saturated carbocycles. The zero-order valence-electron chi connectivity index (χ0n) is 25.6. The first-order chi connectivity index (χ1) is 21.3. The first kappa shape index (κ1) is 31.6. The van der Waals surface area contributed by atoms with E-state index in [2.05, 4.69) is 10.6 Å². The molecule has 10 nitrogen and oxygen atoms in total. The summed E-state index contributed by atoms with van der Waals surface area (Å²) in [6.07, 6.45) is 0.281. The summed E-state index contributed by atoms with van der Waals surface area (Å²) in [5.74, 6) is 2.86. The molecule has 0 radical (unpaired) electrons. The average Bonchev–Trinajstić information content (AvgIpc) is 3.04. The van der Waals surface area contributed by atoms with Gasteiger partial charge in [-0.1, -0.05) is 24.3 Å². The third-order valence-electron chi connectivity index (χ3n) is 6.91. The molecule has 2 amide bonds. The first-order valence-electron chi connectivity index (χ1n) is 13.7. The lowest BCUT2D eigenvalue weighted by atomic mass is 10.0. The average molecular weight is 601 g/mol. The molecule has 0 aromatic heterocycles. The smallest absolute Gasteiger partial charge is 0.228 e. The molecule has 2 N–H and O–H groups in total. The minimum atomic E-state index is -0.210. The summed E-state index contributed by atoms with van der Waals surface area (Å²) >= 11 is 0. The van der Waals surface area contributed by atoms with Crippen molar-refractivity contribution in [3.8, 4) is 45.6 Å². The van der Waals surface area contributed by atoms with Gasteiger partial charge in [0.25, 0.3) is 0 Å². The zero-order chi connectivity index (χ0) is 31.6. The fourth-order valence-electron chi connectivity index (χ4n) is 4.69. The van der Waals surface area contributed by atoms with Crippen LogP contribution in [0.3, 0.4) is 0 Å². The molecule has 0 saturated heterocycles. The van der Waals surface area contributed by atoms with Gasteiger partial charge in [0.15, 0.2) is 23.0 Å². The van der Waals surface area contributed by atoms with Crippen molar-refractivity contribution in [1.29, 1.82) is 0 Å². The predicted octanol–water partition coefficient (Wildman–Crippen LogP) is 5.77. The van der Waals surface area contributed by atoms with E-state index in [4.69, 9.17) is 28.4 Å². The Kier molecular flexibility index (Phi) is 10.5. The fraction of sp³-hybridized carbons (Fsp3) is 0.235. The van der Waals surface area contributed by atoms with Crippen LogP contribution < -0.4 is 39.1 Å². The molecule has 0 atom stereocenters. The molecule has 10 heteroatoms. The Morgan fingerprint density at radius 2 is 0.818 bits per heavy atom. The second-order valence-electron chi connectivity index (χ2n) is 9.66. The number of hydrogen-bond donors (Lipinski definition) is 2. The van der Waals surface area contributed by atoms with Crippen LogP contribution in [0.1, 0.15) is 11.1 Å². The van der Waals surface area contributed by atoms with Crippen molar-refractivity contribution in [2.24, 2.45) is 0 Å². The molecule has 44 heavy (non-hydrogen) atoms. The molecule has 4 rings (SSSR count). The number of carbonyl (C=O) groups is 2. The van der Waals surface area contributed by atoms with Gasteiger partial charge in [0.1, 0.15) is 11.5 Å². The summed E-state index contributed by atoms with van der Waals surface area (Å²) in [6.45, 7) is 0. The van der Waals surface area contributed by atoms with E-state index < -0.39 is 0 Å². The maximum atomic E-state index is 12.8. The van der Waals surface area contributed by atoms with E-state index in [9.17, 15) is 9.59 Å². The molecular weight excluding hydrogens is 564 g/mol. The van der Waals surface area contributed by atoms with Gasteiger partial charge >= 0.3 is 0 Å². The van der Waals surface area contributed by atoms with Gasteiger partial charge < -0.3 is 39.1 Å². The highest BCUT2D eigenvalue weighted by atomic mass is 16.5. The van der Waals surface area contributed by atoms with E-state index in [-0.39, 0.29) is 24.7 Å². The Morgan fingerprint density at radius 1 is 0.455 bits per heavy atom. The zero-order valence-corrected chi connectivity index (χ0v) is 25.6. The van der Waals surface area contributed by atoms with E-state index >= 15 is 0 Å². The van der Waals surface area contributed by atoms with Gasteiger partial charge in [-0.15, -0.1) is 0 Å². The van der Waals surface area contributed by atoms with Crippen molar-refractivity contribution in [3.63, 3.8) is 0 Å². The minimum absolute atomic E-state index is 0.141. The summed E-state index contributed by atoms with van der Waals surface area (Å²) in [6, 6.07) is 21.7. The summed E-state index contributed by atoms with van der Waals surface area (Å²) in [5.41, 5.74) is 4.29. The number of ether oxygens (including phenoxy) is 6. The fourth-order valence-corrected chi connectivity index (χ4v) is 4.69. The Balaban J connectivity index is 1.46. The highest BCUT2D eigenvalue weighted by molar-refractivity contribution is 5.95. The van der Waals surface area contributed by atoms with Crippen LogP contribution in [0, 0.1) is 0 Å². The van der Waals surface area contributed by atoms with Crippen molar-refractivity contribution in [1.82, 2.24) is 0 Å². The van der Waals surface area contributed by atoms with Crippen molar-refractivity contribution in [3.05, 3.63) is 83.9 Å². The molecule has 230 valence electrons. The second-order valence-corrected chi connectivity index (χ2v) is 9.66. The lowest BCUT2D eigenvalue weighted by Crippen LogP contribution is -2.15. The summed E-state index contributed by atoms with van der Waals surface area (Å²) < 4.78 is 32.4. The van der Waals surface area contributed by atoms with Gasteiger partial charge in [-0.3, -0.25) is 9.59 Å². The number of anilines is 2. The van der Waals surface area contributed by atoms with Crippen LogP contribution in [-0.4, -0.2) is 54.5 Å². The second kappa shape index (κ2) is 14.7. The van der Waals surface area contributed by atoms with E-state index in [0.717, 1.165) is 22.3 Å². The Morgan fingerprint density at radius 3 is 1.16 bits per heavy atom. The molecule has 0 bridgehead atoms. The lowest BCUT2D eigenvalue weighted by Gasteiger charge is -2.15. The number of amides is 2. The van der Waals surface area contributed by atoms with Crippen LogP contribution >= 0.6 is 0 Å². The number of hydrogen-bond acceptors (Lipinski definition) is 8. The largest absolute Gasteiger partial charge is 0.495 e. The van der Waals surface area contributed by atoms with Gasteiger partial charge in [-0.2, -0.15) is 0 Å². The Labute approximate surface area is 256 Å². The lowest BCUT2D eigenvalue weighted by molar-refractivity contribution is -0.116. The normalized spacial score (nSPS) is 10.4. The third kappa shape index (κ3) is 7.52. The van der Waals surface area contributed by atoms with Gasteiger partial charge in [-0.05, 0) is 70.8 Å². The van der Waals surface area contributed by atoms with Crippen molar-refractivity contribution >= 4 is 23.2 Å². The SMILES string of the molecule is COc1cc(-c2ccc(NC(=O)Cc3ccc(OC)c(OC)c3)c(OC)c2)ccc1NC(=O)Cc1ccc(OC)c(OC)c1. The van der Waals surface area contributed by atoms with E-state index in [1.807, 2.05) is 36.4 Å². The Bertz CT molecular complexity index is 1520. The first-order valence-corrected chi connectivity index (χ1v) is 13.7. The molecule has 4 aromatic carbocycles. The van der Waals surface area contributed by atoms with Crippen LogP contribution in [-0.2, 0) is 22.4 Å². The van der Waals surface area contributed by atoms with Crippen LogP contribution in [0.5, 0.6) is 34.5 Å². The van der Waals surface area contributed by atoms with Crippen molar-refractivity contribution < 1.29 is 38.0 Å². The molecule has 0 unspecified atom stereocenters. The van der Waals surface area contributed by atoms with E-state index in [1.54, 1.807) is 79.1 Å². The van der Waals surface area contributed by atoms with Crippen LogP contribution in [0.4, 0.5) is 11.4 Å². The monoisotopic (exact) mass is 600 g/mol. The molecular formula is C34H36N2O8. The minimum Gasteiger partial charge on any atom is -0.495 e. The summed E-state index contributed by atoms with van der Waals surface area (Å²) in [4.78, 5) is 25.7. The maximum Gasteiger partial charge on any atom is 0.228 e. The molecule has 0 aliphatic carbocycles. The highest BCUT2D eigenvalue weighted by Crippen LogP contribution is 2.35. The van der Waals surface area contributed by atoms with Crippen molar-refractivity contribution in [2.75, 3.05) is 53.3 Å².